The van der Waals surface area contributed by atoms with E-state index in [2.05, 4.69) is 27.6 Å². The molecule has 0 amide bonds. The maximum atomic E-state index is 5.37. The molecular formula is C11H21N5O2. The molecule has 0 bridgehead atoms. The van der Waals surface area contributed by atoms with Crippen LogP contribution in [0.5, 0.6) is 0 Å². The summed E-state index contributed by atoms with van der Waals surface area (Å²) in [7, 11) is 3.27. The van der Waals surface area contributed by atoms with Crippen LogP contribution < -0.4 is 16.6 Å². The lowest BCUT2D eigenvalue weighted by atomic mass is 10.2. The highest BCUT2D eigenvalue weighted by atomic mass is 16.5. The molecule has 18 heavy (non-hydrogen) atoms. The molecule has 1 rings (SSSR count). The van der Waals surface area contributed by atoms with Crippen LogP contribution in [0.15, 0.2) is 6.07 Å². The Hall–Kier alpha value is -1.44. The number of hydrazine groups is 1. The topological polar surface area (TPSA) is 94.3 Å². The molecule has 1 heterocycles. The molecule has 7 heteroatoms. The molecule has 7 nitrogen and oxygen atoms in total. The number of methoxy groups -OCH3 is 2. The van der Waals surface area contributed by atoms with Crippen LogP contribution in [-0.4, -0.2) is 36.8 Å². The van der Waals surface area contributed by atoms with Crippen LogP contribution in [0.3, 0.4) is 0 Å². The van der Waals surface area contributed by atoms with E-state index in [1.54, 1.807) is 20.3 Å². The van der Waals surface area contributed by atoms with E-state index in [0.29, 0.717) is 30.7 Å². The van der Waals surface area contributed by atoms with E-state index in [0.717, 1.165) is 6.42 Å². The summed E-state index contributed by atoms with van der Waals surface area (Å²) in [6.45, 7) is 3.03. The first kappa shape index (κ1) is 14.6. The summed E-state index contributed by atoms with van der Waals surface area (Å²) in [5, 5.41) is 3.28. The van der Waals surface area contributed by atoms with Crippen LogP contribution in [-0.2, 0) is 16.1 Å². The molecular weight excluding hydrogens is 234 g/mol. The molecule has 0 saturated heterocycles. The van der Waals surface area contributed by atoms with Crippen molar-refractivity contribution in [2.24, 2.45) is 5.84 Å². The molecule has 1 aromatic rings. The average Bonchev–Trinajstić information content (AvgIpc) is 2.38. The fourth-order valence-corrected chi connectivity index (χ4v) is 1.51. The molecule has 0 aromatic carbocycles. The molecule has 1 aromatic heterocycles. The van der Waals surface area contributed by atoms with Gasteiger partial charge < -0.3 is 20.2 Å². The first-order valence-corrected chi connectivity index (χ1v) is 5.82. The van der Waals surface area contributed by atoms with Crippen molar-refractivity contribution in [3.63, 3.8) is 0 Å². The lowest BCUT2D eigenvalue weighted by molar-refractivity contribution is 0.177. The van der Waals surface area contributed by atoms with Crippen LogP contribution in [0.2, 0.25) is 0 Å². The van der Waals surface area contributed by atoms with Gasteiger partial charge in [-0.25, -0.2) is 15.8 Å². The minimum atomic E-state index is 0.200. The third-order valence-electron chi connectivity index (χ3n) is 2.41. The normalized spacial score (nSPS) is 12.2. The predicted molar refractivity (Wildman–Crippen MR) is 70.1 cm³/mol. The number of rotatable bonds is 8. The molecule has 102 valence electrons. The zero-order valence-electron chi connectivity index (χ0n) is 11.1. The summed E-state index contributed by atoms with van der Waals surface area (Å²) in [6, 6.07) is 1.95. The summed E-state index contributed by atoms with van der Waals surface area (Å²) in [6.07, 6.45) is 0.933. The van der Waals surface area contributed by atoms with E-state index in [-0.39, 0.29) is 6.04 Å². The van der Waals surface area contributed by atoms with Crippen molar-refractivity contribution in [2.75, 3.05) is 31.6 Å². The van der Waals surface area contributed by atoms with E-state index in [1.165, 1.54) is 0 Å². The average molecular weight is 255 g/mol. The molecule has 0 saturated carbocycles. The number of nitrogen functional groups attached to an aromatic ring is 1. The van der Waals surface area contributed by atoms with Gasteiger partial charge in [0.05, 0.1) is 12.6 Å². The van der Waals surface area contributed by atoms with Crippen LogP contribution in [0.25, 0.3) is 0 Å². The summed E-state index contributed by atoms with van der Waals surface area (Å²) in [4.78, 5) is 8.52. The summed E-state index contributed by atoms with van der Waals surface area (Å²) < 4.78 is 10.1. The van der Waals surface area contributed by atoms with Gasteiger partial charge in [0.2, 0.25) is 0 Å². The summed E-state index contributed by atoms with van der Waals surface area (Å²) in [5.41, 5.74) is 2.51. The monoisotopic (exact) mass is 255 g/mol. The molecule has 4 N–H and O–H groups in total. The Morgan fingerprint density at radius 2 is 2.00 bits per heavy atom. The zero-order valence-corrected chi connectivity index (χ0v) is 11.1. The van der Waals surface area contributed by atoms with E-state index < -0.39 is 0 Å². The van der Waals surface area contributed by atoms with Gasteiger partial charge in [-0.2, -0.15) is 0 Å². The Kier molecular flexibility index (Phi) is 6.34. The largest absolute Gasteiger partial charge is 0.383 e. The molecule has 0 aliphatic carbocycles. The molecule has 1 atom stereocenters. The molecule has 0 spiro atoms. The predicted octanol–water partition coefficient (Wildman–Crippen LogP) is 0.746. The van der Waals surface area contributed by atoms with Crippen LogP contribution in [0, 0.1) is 0 Å². The first-order chi connectivity index (χ1) is 8.73. The van der Waals surface area contributed by atoms with Crippen LogP contribution in [0.4, 0.5) is 11.6 Å². The standard InChI is InChI=1S/C11H21N5O2/c1-4-8(6-17-2)13-9-5-10(16-12)15-11(14-9)7-18-3/h5,8H,4,6-7,12H2,1-3H3,(H2,13,14,15,16). The number of nitrogens with one attached hydrogen (secondary N) is 2. The number of hydrogen-bond donors (Lipinski definition) is 3. The maximum absolute atomic E-state index is 5.37. The highest BCUT2D eigenvalue weighted by molar-refractivity contribution is 5.47. The van der Waals surface area contributed by atoms with Crippen molar-refractivity contribution >= 4 is 11.6 Å². The summed E-state index contributed by atoms with van der Waals surface area (Å²) >= 11 is 0. The van der Waals surface area contributed by atoms with Crippen molar-refractivity contribution in [3.05, 3.63) is 11.9 Å². The second kappa shape index (κ2) is 7.80. The second-order valence-electron chi connectivity index (χ2n) is 3.84. The van der Waals surface area contributed by atoms with Crippen LogP contribution in [0.1, 0.15) is 19.2 Å². The minimum absolute atomic E-state index is 0.200. The van der Waals surface area contributed by atoms with Gasteiger partial charge in [0.25, 0.3) is 0 Å². The number of ether oxygens (including phenoxy) is 2. The van der Waals surface area contributed by atoms with Gasteiger partial charge in [-0.3, -0.25) is 0 Å². The number of hydrogen-bond acceptors (Lipinski definition) is 7. The van der Waals surface area contributed by atoms with Gasteiger partial charge in [0.1, 0.15) is 18.2 Å². The van der Waals surface area contributed by atoms with E-state index >= 15 is 0 Å². The fraction of sp³-hybridized carbons (Fsp3) is 0.636. The van der Waals surface area contributed by atoms with Crippen molar-refractivity contribution in [1.29, 1.82) is 0 Å². The maximum Gasteiger partial charge on any atom is 0.158 e. The SMILES string of the molecule is CCC(COC)Nc1cc(NN)nc(COC)n1. The number of anilines is 2. The first-order valence-electron chi connectivity index (χ1n) is 5.82. The van der Waals surface area contributed by atoms with Crippen molar-refractivity contribution in [2.45, 2.75) is 26.0 Å². The van der Waals surface area contributed by atoms with E-state index in [1.807, 2.05) is 0 Å². The number of aromatic nitrogens is 2. The van der Waals surface area contributed by atoms with Gasteiger partial charge in [-0.15, -0.1) is 0 Å². The van der Waals surface area contributed by atoms with E-state index in [9.17, 15) is 0 Å². The summed E-state index contributed by atoms with van der Waals surface area (Å²) in [5.74, 6) is 7.19. The Balaban J connectivity index is 2.82. The lowest BCUT2D eigenvalue weighted by Crippen LogP contribution is -2.25. The molecule has 1 unspecified atom stereocenters. The minimum Gasteiger partial charge on any atom is -0.383 e. The third kappa shape index (κ3) is 4.44. The Morgan fingerprint density at radius 1 is 1.28 bits per heavy atom. The molecule has 0 aliphatic rings. The van der Waals surface area contributed by atoms with Crippen molar-refractivity contribution < 1.29 is 9.47 Å². The van der Waals surface area contributed by atoms with Crippen LogP contribution >= 0.6 is 0 Å². The third-order valence-corrected chi connectivity index (χ3v) is 2.41. The lowest BCUT2D eigenvalue weighted by Gasteiger charge is -2.17. The number of nitrogens with zero attached hydrogens (tertiary/aromatic N) is 2. The second-order valence-corrected chi connectivity index (χ2v) is 3.84. The number of nitrogens with two attached hydrogens (primary N) is 1. The highest BCUT2D eigenvalue weighted by Crippen LogP contribution is 2.13. The zero-order chi connectivity index (χ0) is 13.4. The van der Waals surface area contributed by atoms with Crippen molar-refractivity contribution in [3.8, 4) is 0 Å². The van der Waals surface area contributed by atoms with Gasteiger partial charge >= 0.3 is 0 Å². The molecule has 0 aliphatic heterocycles. The quantitative estimate of drug-likeness (QED) is 0.466. The fourth-order valence-electron chi connectivity index (χ4n) is 1.51. The van der Waals surface area contributed by atoms with Gasteiger partial charge in [-0.05, 0) is 6.42 Å². The van der Waals surface area contributed by atoms with Gasteiger partial charge in [-0.1, -0.05) is 6.92 Å². The van der Waals surface area contributed by atoms with Gasteiger partial charge in [0.15, 0.2) is 5.82 Å². The van der Waals surface area contributed by atoms with Gasteiger partial charge in [0, 0.05) is 20.3 Å². The Morgan fingerprint density at radius 3 is 2.56 bits per heavy atom. The Bertz CT molecular complexity index is 361. The van der Waals surface area contributed by atoms with E-state index in [4.69, 9.17) is 15.3 Å². The smallest absolute Gasteiger partial charge is 0.158 e. The Labute approximate surface area is 107 Å². The van der Waals surface area contributed by atoms with Crippen molar-refractivity contribution in [1.82, 2.24) is 9.97 Å². The highest BCUT2D eigenvalue weighted by Gasteiger charge is 2.09. The molecule has 0 fully saturated rings. The molecule has 0 radical (unpaired) electrons.